The van der Waals surface area contributed by atoms with Gasteiger partial charge in [0.1, 0.15) is 0 Å². The SMILES string of the molecule is CC1CCNCC1CNC(=O)Cc1cccc(F)c1F. The summed E-state index contributed by atoms with van der Waals surface area (Å²) in [7, 11) is 0. The van der Waals surface area contributed by atoms with E-state index in [9.17, 15) is 13.6 Å². The van der Waals surface area contributed by atoms with Gasteiger partial charge >= 0.3 is 0 Å². The van der Waals surface area contributed by atoms with Crippen LogP contribution >= 0.6 is 0 Å². The molecule has 3 nitrogen and oxygen atoms in total. The fourth-order valence-electron chi connectivity index (χ4n) is 2.49. The van der Waals surface area contributed by atoms with E-state index >= 15 is 0 Å². The summed E-state index contributed by atoms with van der Waals surface area (Å²) >= 11 is 0. The Bertz CT molecular complexity index is 479. The number of benzene rings is 1. The van der Waals surface area contributed by atoms with Crippen molar-refractivity contribution in [3.8, 4) is 0 Å². The molecular weight excluding hydrogens is 262 g/mol. The van der Waals surface area contributed by atoms with Gasteiger partial charge in [-0.1, -0.05) is 19.1 Å². The van der Waals surface area contributed by atoms with Crippen LogP contribution in [0.2, 0.25) is 0 Å². The second-order valence-corrected chi connectivity index (χ2v) is 5.42. The van der Waals surface area contributed by atoms with Crippen molar-refractivity contribution in [2.75, 3.05) is 19.6 Å². The van der Waals surface area contributed by atoms with Crippen LogP contribution < -0.4 is 10.6 Å². The van der Waals surface area contributed by atoms with Crippen LogP contribution in [0.3, 0.4) is 0 Å². The number of hydrogen-bond acceptors (Lipinski definition) is 2. The average Bonchev–Trinajstić information content (AvgIpc) is 2.43. The molecule has 1 aliphatic heterocycles. The highest BCUT2D eigenvalue weighted by atomic mass is 19.2. The average molecular weight is 282 g/mol. The molecule has 1 aromatic carbocycles. The topological polar surface area (TPSA) is 41.1 Å². The Kier molecular flexibility index (Phi) is 5.06. The van der Waals surface area contributed by atoms with Crippen molar-refractivity contribution in [2.24, 2.45) is 11.8 Å². The first-order valence-corrected chi connectivity index (χ1v) is 6.98. The number of rotatable bonds is 4. The van der Waals surface area contributed by atoms with E-state index < -0.39 is 11.6 Å². The lowest BCUT2D eigenvalue weighted by Crippen LogP contribution is -2.42. The summed E-state index contributed by atoms with van der Waals surface area (Å²) in [6, 6.07) is 3.89. The molecule has 0 saturated carbocycles. The van der Waals surface area contributed by atoms with Gasteiger partial charge in [0.15, 0.2) is 11.6 Å². The predicted octanol–water partition coefficient (Wildman–Crippen LogP) is 1.87. The Labute approximate surface area is 117 Å². The fourth-order valence-corrected chi connectivity index (χ4v) is 2.49. The number of halogens is 2. The number of piperidine rings is 1. The first-order valence-electron chi connectivity index (χ1n) is 6.98. The molecule has 20 heavy (non-hydrogen) atoms. The Morgan fingerprint density at radius 3 is 3.00 bits per heavy atom. The van der Waals surface area contributed by atoms with Crippen LogP contribution in [-0.2, 0) is 11.2 Å². The van der Waals surface area contributed by atoms with Gasteiger partial charge in [-0.3, -0.25) is 4.79 Å². The molecule has 110 valence electrons. The van der Waals surface area contributed by atoms with Crippen molar-refractivity contribution < 1.29 is 13.6 Å². The van der Waals surface area contributed by atoms with E-state index in [4.69, 9.17) is 0 Å². The highest BCUT2D eigenvalue weighted by molar-refractivity contribution is 5.78. The summed E-state index contributed by atoms with van der Waals surface area (Å²) in [5, 5.41) is 6.10. The molecule has 0 radical (unpaired) electrons. The first-order chi connectivity index (χ1) is 9.58. The molecule has 0 aliphatic carbocycles. The van der Waals surface area contributed by atoms with Gasteiger partial charge < -0.3 is 10.6 Å². The molecule has 2 unspecified atom stereocenters. The molecule has 0 aromatic heterocycles. The lowest BCUT2D eigenvalue weighted by molar-refractivity contribution is -0.120. The maximum Gasteiger partial charge on any atom is 0.224 e. The van der Waals surface area contributed by atoms with Crippen molar-refractivity contribution in [1.82, 2.24) is 10.6 Å². The summed E-state index contributed by atoms with van der Waals surface area (Å²) in [6.45, 7) is 4.64. The molecular formula is C15H20F2N2O. The van der Waals surface area contributed by atoms with Gasteiger partial charge in [0.05, 0.1) is 6.42 Å². The normalized spacial score (nSPS) is 22.6. The second-order valence-electron chi connectivity index (χ2n) is 5.42. The van der Waals surface area contributed by atoms with Crippen LogP contribution in [0.4, 0.5) is 8.78 Å². The minimum atomic E-state index is -0.935. The first kappa shape index (κ1) is 14.9. The van der Waals surface area contributed by atoms with Gasteiger partial charge in [-0.25, -0.2) is 8.78 Å². The van der Waals surface area contributed by atoms with Gasteiger partial charge in [-0.2, -0.15) is 0 Å². The van der Waals surface area contributed by atoms with Crippen LogP contribution in [0, 0.1) is 23.5 Å². The zero-order valence-corrected chi connectivity index (χ0v) is 11.6. The van der Waals surface area contributed by atoms with Gasteiger partial charge in [-0.15, -0.1) is 0 Å². The summed E-state index contributed by atoms with van der Waals surface area (Å²) in [5.74, 6) is -1.17. The second kappa shape index (κ2) is 6.79. The van der Waals surface area contributed by atoms with E-state index in [0.717, 1.165) is 25.6 Å². The van der Waals surface area contributed by atoms with Crippen molar-refractivity contribution >= 4 is 5.91 Å². The van der Waals surface area contributed by atoms with Crippen LogP contribution in [0.5, 0.6) is 0 Å². The van der Waals surface area contributed by atoms with Gasteiger partial charge in [-0.05, 0) is 37.4 Å². The molecule has 1 amide bonds. The Hall–Kier alpha value is -1.49. The van der Waals surface area contributed by atoms with Crippen LogP contribution in [0.25, 0.3) is 0 Å². The molecule has 0 bridgehead atoms. The van der Waals surface area contributed by atoms with Crippen LogP contribution in [0.1, 0.15) is 18.9 Å². The van der Waals surface area contributed by atoms with Crippen LogP contribution in [0.15, 0.2) is 18.2 Å². The molecule has 1 saturated heterocycles. The Morgan fingerprint density at radius 2 is 2.25 bits per heavy atom. The number of hydrogen-bond donors (Lipinski definition) is 2. The van der Waals surface area contributed by atoms with E-state index in [1.54, 1.807) is 0 Å². The molecule has 1 aliphatic rings. The molecule has 0 spiro atoms. The number of carbonyl (C=O) groups is 1. The summed E-state index contributed by atoms with van der Waals surface area (Å²) in [5.41, 5.74) is 0.0947. The Balaban J connectivity index is 1.85. The largest absolute Gasteiger partial charge is 0.355 e. The minimum Gasteiger partial charge on any atom is -0.355 e. The van der Waals surface area contributed by atoms with E-state index in [-0.39, 0.29) is 17.9 Å². The summed E-state index contributed by atoms with van der Waals surface area (Å²) in [6.07, 6.45) is 0.969. The quantitative estimate of drug-likeness (QED) is 0.885. The molecule has 1 aromatic rings. The summed E-state index contributed by atoms with van der Waals surface area (Å²) in [4.78, 5) is 11.8. The lowest BCUT2D eigenvalue weighted by atomic mass is 9.88. The minimum absolute atomic E-state index is 0.0947. The molecule has 2 atom stereocenters. The molecule has 2 N–H and O–H groups in total. The molecule has 1 heterocycles. The third kappa shape index (κ3) is 3.76. The third-order valence-electron chi connectivity index (χ3n) is 3.93. The molecule has 1 fully saturated rings. The monoisotopic (exact) mass is 282 g/mol. The zero-order chi connectivity index (χ0) is 14.5. The number of carbonyl (C=O) groups excluding carboxylic acids is 1. The maximum absolute atomic E-state index is 13.5. The third-order valence-corrected chi connectivity index (χ3v) is 3.93. The van der Waals surface area contributed by atoms with Gasteiger partial charge in [0.2, 0.25) is 5.91 Å². The van der Waals surface area contributed by atoms with Crippen molar-refractivity contribution in [2.45, 2.75) is 19.8 Å². The summed E-state index contributed by atoms with van der Waals surface area (Å²) < 4.78 is 26.5. The maximum atomic E-state index is 13.5. The van der Waals surface area contributed by atoms with Crippen molar-refractivity contribution in [1.29, 1.82) is 0 Å². The molecule has 2 rings (SSSR count). The van der Waals surface area contributed by atoms with Crippen molar-refractivity contribution in [3.05, 3.63) is 35.4 Å². The highest BCUT2D eigenvalue weighted by Gasteiger charge is 2.21. The van der Waals surface area contributed by atoms with E-state index in [2.05, 4.69) is 17.6 Å². The lowest BCUT2D eigenvalue weighted by Gasteiger charge is -2.29. The number of amides is 1. The number of nitrogens with one attached hydrogen (secondary N) is 2. The smallest absolute Gasteiger partial charge is 0.224 e. The highest BCUT2D eigenvalue weighted by Crippen LogP contribution is 2.17. The van der Waals surface area contributed by atoms with E-state index in [0.29, 0.717) is 18.4 Å². The molecule has 5 heteroatoms. The standard InChI is InChI=1S/C15H20F2N2O/c1-10-5-6-18-8-12(10)9-19-14(20)7-11-3-2-4-13(16)15(11)17/h2-4,10,12,18H,5-9H2,1H3,(H,19,20). The Morgan fingerprint density at radius 1 is 1.45 bits per heavy atom. The van der Waals surface area contributed by atoms with E-state index in [1.165, 1.54) is 12.1 Å². The zero-order valence-electron chi connectivity index (χ0n) is 11.6. The fraction of sp³-hybridized carbons (Fsp3) is 0.533. The van der Waals surface area contributed by atoms with Crippen LogP contribution in [-0.4, -0.2) is 25.5 Å². The van der Waals surface area contributed by atoms with Gasteiger partial charge in [0, 0.05) is 12.1 Å². The predicted molar refractivity (Wildman–Crippen MR) is 73.2 cm³/mol. The van der Waals surface area contributed by atoms with Gasteiger partial charge in [0.25, 0.3) is 0 Å². The van der Waals surface area contributed by atoms with Crippen molar-refractivity contribution in [3.63, 3.8) is 0 Å². The van der Waals surface area contributed by atoms with E-state index in [1.807, 2.05) is 0 Å².